The van der Waals surface area contributed by atoms with Crippen molar-refractivity contribution in [2.75, 3.05) is 13.6 Å². The quantitative estimate of drug-likeness (QED) is 0.776. The van der Waals surface area contributed by atoms with Crippen LogP contribution in [0.3, 0.4) is 0 Å². The van der Waals surface area contributed by atoms with Crippen LogP contribution >= 0.6 is 0 Å². The molecule has 1 atom stereocenters. The summed E-state index contributed by atoms with van der Waals surface area (Å²) in [5.41, 5.74) is 6.09. The van der Waals surface area contributed by atoms with Crippen LogP contribution in [0.4, 0.5) is 0 Å². The van der Waals surface area contributed by atoms with Crippen molar-refractivity contribution in [1.29, 1.82) is 0 Å². The Morgan fingerprint density at radius 1 is 1.30 bits per heavy atom. The number of amides is 1. The number of hydrogen-bond donors (Lipinski definition) is 1. The summed E-state index contributed by atoms with van der Waals surface area (Å²) in [5, 5.41) is 0. The van der Waals surface area contributed by atoms with E-state index >= 15 is 0 Å². The summed E-state index contributed by atoms with van der Waals surface area (Å²) in [7, 11) is 2.00. The Hall–Kier alpha value is -0.570. The lowest BCUT2D eigenvalue weighted by Gasteiger charge is -2.38. The summed E-state index contributed by atoms with van der Waals surface area (Å²) in [4.78, 5) is 14.3. The molecule has 0 radical (unpaired) electrons. The Balaban J connectivity index is 2.36. The number of rotatable bonds is 7. The lowest BCUT2D eigenvalue weighted by molar-refractivity contribution is -0.133. The van der Waals surface area contributed by atoms with Gasteiger partial charge in [-0.1, -0.05) is 27.2 Å². The molecule has 0 aromatic carbocycles. The first kappa shape index (κ1) is 17.5. The molecule has 0 saturated heterocycles. The fourth-order valence-corrected chi connectivity index (χ4v) is 3.27. The van der Waals surface area contributed by atoms with Gasteiger partial charge in [-0.25, -0.2) is 0 Å². The van der Waals surface area contributed by atoms with Crippen LogP contribution in [0.25, 0.3) is 0 Å². The highest BCUT2D eigenvalue weighted by Crippen LogP contribution is 2.36. The van der Waals surface area contributed by atoms with Crippen LogP contribution in [-0.4, -0.2) is 30.4 Å². The minimum Gasteiger partial charge on any atom is -0.343 e. The van der Waals surface area contributed by atoms with E-state index in [2.05, 4.69) is 20.8 Å². The Labute approximate surface area is 125 Å². The second kappa shape index (κ2) is 8.02. The molecule has 1 amide bonds. The van der Waals surface area contributed by atoms with Gasteiger partial charge >= 0.3 is 0 Å². The van der Waals surface area contributed by atoms with Gasteiger partial charge in [0.15, 0.2) is 0 Å². The smallest absolute Gasteiger partial charge is 0.222 e. The van der Waals surface area contributed by atoms with Crippen molar-refractivity contribution >= 4 is 5.91 Å². The summed E-state index contributed by atoms with van der Waals surface area (Å²) in [6, 6.07) is 0.463. The second-order valence-corrected chi connectivity index (χ2v) is 7.29. The van der Waals surface area contributed by atoms with Gasteiger partial charge in [0.05, 0.1) is 0 Å². The molecule has 3 nitrogen and oxygen atoms in total. The van der Waals surface area contributed by atoms with Gasteiger partial charge in [0.2, 0.25) is 5.91 Å². The number of nitrogens with two attached hydrogens (primary N) is 1. The molecule has 1 saturated carbocycles. The highest BCUT2D eigenvalue weighted by atomic mass is 16.2. The van der Waals surface area contributed by atoms with Crippen LogP contribution in [0.1, 0.15) is 72.1 Å². The Morgan fingerprint density at radius 3 is 2.40 bits per heavy atom. The van der Waals surface area contributed by atoms with Crippen LogP contribution < -0.4 is 5.73 Å². The van der Waals surface area contributed by atoms with Gasteiger partial charge in [-0.05, 0) is 56.4 Å². The predicted molar refractivity (Wildman–Crippen MR) is 85.5 cm³/mol. The summed E-state index contributed by atoms with van der Waals surface area (Å²) in [6.45, 7) is 7.60. The van der Waals surface area contributed by atoms with E-state index in [1.54, 1.807) is 0 Å². The standard InChI is InChI=1S/C17H34N2O/c1-5-14(10-13-18)6-7-16(20)19(4)15-8-11-17(2,3)12-9-15/h14-15H,5-13,18H2,1-4H3. The molecule has 1 rings (SSSR count). The number of carbonyl (C=O) groups excluding carboxylic acids is 1. The summed E-state index contributed by atoms with van der Waals surface area (Å²) >= 11 is 0. The molecule has 0 aromatic heterocycles. The maximum Gasteiger partial charge on any atom is 0.222 e. The van der Waals surface area contributed by atoms with Crippen LogP contribution in [0.15, 0.2) is 0 Å². The van der Waals surface area contributed by atoms with Crippen LogP contribution in [-0.2, 0) is 4.79 Å². The van der Waals surface area contributed by atoms with Gasteiger partial charge in [0.1, 0.15) is 0 Å². The molecule has 1 fully saturated rings. The van der Waals surface area contributed by atoms with Crippen molar-refractivity contribution in [2.45, 2.75) is 78.2 Å². The molecular weight excluding hydrogens is 248 g/mol. The fourth-order valence-electron chi connectivity index (χ4n) is 3.27. The highest BCUT2D eigenvalue weighted by molar-refractivity contribution is 5.76. The number of nitrogens with zero attached hydrogens (tertiary/aromatic N) is 1. The van der Waals surface area contributed by atoms with Crippen LogP contribution in [0.2, 0.25) is 0 Å². The van der Waals surface area contributed by atoms with Crippen LogP contribution in [0.5, 0.6) is 0 Å². The highest BCUT2D eigenvalue weighted by Gasteiger charge is 2.30. The number of hydrogen-bond acceptors (Lipinski definition) is 2. The lowest BCUT2D eigenvalue weighted by Crippen LogP contribution is -2.40. The minimum absolute atomic E-state index is 0.324. The third kappa shape index (κ3) is 5.43. The fraction of sp³-hybridized carbons (Fsp3) is 0.941. The molecule has 0 aliphatic heterocycles. The SMILES string of the molecule is CCC(CCN)CCC(=O)N(C)C1CCC(C)(C)CC1. The molecule has 3 heteroatoms. The van der Waals surface area contributed by atoms with Gasteiger partial charge < -0.3 is 10.6 Å². The van der Waals surface area contributed by atoms with Gasteiger partial charge in [-0.15, -0.1) is 0 Å². The zero-order valence-corrected chi connectivity index (χ0v) is 14.0. The third-order valence-electron chi connectivity index (χ3n) is 5.17. The molecule has 0 bridgehead atoms. The van der Waals surface area contributed by atoms with Crippen LogP contribution in [0, 0.1) is 11.3 Å². The molecule has 0 heterocycles. The van der Waals surface area contributed by atoms with Gasteiger partial charge in [0, 0.05) is 19.5 Å². The largest absolute Gasteiger partial charge is 0.343 e. The predicted octanol–water partition coefficient (Wildman–Crippen LogP) is 3.57. The van der Waals surface area contributed by atoms with E-state index < -0.39 is 0 Å². The molecule has 0 aromatic rings. The van der Waals surface area contributed by atoms with E-state index in [9.17, 15) is 4.79 Å². The minimum atomic E-state index is 0.324. The van der Waals surface area contributed by atoms with Crippen molar-refractivity contribution < 1.29 is 4.79 Å². The van der Waals surface area contributed by atoms with E-state index in [4.69, 9.17) is 5.73 Å². The molecular formula is C17H34N2O. The van der Waals surface area contributed by atoms with E-state index in [0.717, 1.165) is 38.6 Å². The van der Waals surface area contributed by atoms with Crippen molar-refractivity contribution in [3.63, 3.8) is 0 Å². The second-order valence-electron chi connectivity index (χ2n) is 7.29. The van der Waals surface area contributed by atoms with Crippen molar-refractivity contribution in [3.05, 3.63) is 0 Å². The van der Waals surface area contributed by atoms with Gasteiger partial charge in [-0.3, -0.25) is 4.79 Å². The zero-order valence-electron chi connectivity index (χ0n) is 14.0. The van der Waals surface area contributed by atoms with Crippen molar-refractivity contribution in [2.24, 2.45) is 17.1 Å². The first-order chi connectivity index (χ1) is 9.39. The Morgan fingerprint density at radius 2 is 1.90 bits per heavy atom. The third-order valence-corrected chi connectivity index (χ3v) is 5.17. The first-order valence-corrected chi connectivity index (χ1v) is 8.35. The summed E-state index contributed by atoms with van der Waals surface area (Å²) < 4.78 is 0. The van der Waals surface area contributed by atoms with Crippen molar-refractivity contribution in [1.82, 2.24) is 4.90 Å². The van der Waals surface area contributed by atoms with Crippen molar-refractivity contribution in [3.8, 4) is 0 Å². The maximum absolute atomic E-state index is 12.3. The van der Waals surface area contributed by atoms with Gasteiger partial charge in [-0.2, -0.15) is 0 Å². The molecule has 2 N–H and O–H groups in total. The van der Waals surface area contributed by atoms with E-state index in [-0.39, 0.29) is 0 Å². The molecule has 20 heavy (non-hydrogen) atoms. The number of carbonyl (C=O) groups is 1. The summed E-state index contributed by atoms with van der Waals surface area (Å²) in [5.74, 6) is 0.938. The average Bonchev–Trinajstić information content (AvgIpc) is 2.42. The zero-order chi connectivity index (χ0) is 15.2. The Kier molecular flexibility index (Phi) is 7.01. The lowest BCUT2D eigenvalue weighted by atomic mass is 9.75. The molecule has 1 aliphatic rings. The van der Waals surface area contributed by atoms with E-state index in [0.29, 0.717) is 29.7 Å². The summed E-state index contributed by atoms with van der Waals surface area (Å²) in [6.07, 6.45) is 8.66. The molecule has 0 spiro atoms. The van der Waals surface area contributed by atoms with E-state index in [1.807, 2.05) is 11.9 Å². The van der Waals surface area contributed by atoms with Gasteiger partial charge in [0.25, 0.3) is 0 Å². The topological polar surface area (TPSA) is 46.3 Å². The average molecular weight is 282 g/mol. The maximum atomic E-state index is 12.3. The molecule has 1 aliphatic carbocycles. The van der Waals surface area contributed by atoms with E-state index in [1.165, 1.54) is 12.8 Å². The monoisotopic (exact) mass is 282 g/mol. The molecule has 118 valence electrons. The normalized spacial score (nSPS) is 20.6. The first-order valence-electron chi connectivity index (χ1n) is 8.35. The molecule has 1 unspecified atom stereocenters. The Bertz CT molecular complexity index is 291.